The molecule has 5 aromatic rings. The molecule has 0 saturated heterocycles. The second-order valence-electron chi connectivity index (χ2n) is 8.18. The minimum Gasteiger partial charge on any atom is -0.486 e. The minimum absolute atomic E-state index is 0.0852. The van der Waals surface area contributed by atoms with Crippen molar-refractivity contribution in [3.8, 4) is 5.75 Å². The summed E-state index contributed by atoms with van der Waals surface area (Å²) in [6, 6.07) is 21.1. The molecule has 0 spiro atoms. The van der Waals surface area contributed by atoms with E-state index in [0.29, 0.717) is 45.9 Å². The lowest BCUT2D eigenvalue weighted by molar-refractivity contribution is 0.101. The molecule has 0 saturated carbocycles. The molecule has 0 atom stereocenters. The van der Waals surface area contributed by atoms with Crippen LogP contribution in [-0.2, 0) is 13.2 Å². The lowest BCUT2D eigenvalue weighted by atomic mass is 10.1. The monoisotopic (exact) mass is 481 g/mol. The van der Waals surface area contributed by atoms with Gasteiger partial charge < -0.3 is 14.5 Å². The number of furan rings is 1. The number of hydrogen-bond donors (Lipinski definition) is 1. The molecule has 5 rings (SSSR count). The predicted octanol–water partition coefficient (Wildman–Crippen LogP) is 4.81. The topological polar surface area (TPSA) is 112 Å². The van der Waals surface area contributed by atoms with E-state index in [1.54, 1.807) is 53.2 Å². The number of carbonyl (C=O) groups excluding carboxylic acids is 2. The van der Waals surface area contributed by atoms with Gasteiger partial charge in [0.15, 0.2) is 11.6 Å². The molecule has 0 fully saturated rings. The fourth-order valence-corrected chi connectivity index (χ4v) is 3.77. The van der Waals surface area contributed by atoms with Crippen LogP contribution in [0.2, 0.25) is 0 Å². The standard InChI is InChI=1S/C27H23N5O4/c1-3-32-23(29-30-31-32)16-35-20-14-12-19(13-15-20)27(34)28-24-21-6-4-5-7-22(21)36-26(24)25(33)18-10-8-17(2)9-11-18/h4-15H,3,16H2,1-2H3,(H,28,34). The Morgan fingerprint density at radius 3 is 2.44 bits per heavy atom. The van der Waals surface area contributed by atoms with Gasteiger partial charge in [0.2, 0.25) is 5.78 Å². The molecule has 9 heteroatoms. The fourth-order valence-electron chi connectivity index (χ4n) is 3.77. The SMILES string of the molecule is CCn1nnnc1COc1ccc(C(=O)Nc2c(C(=O)c3ccc(C)cc3)oc3ccccc23)cc1. The first kappa shape index (κ1) is 23.0. The number of nitrogens with one attached hydrogen (secondary N) is 1. The number of carbonyl (C=O) groups is 2. The van der Waals surface area contributed by atoms with Crippen LogP contribution in [0, 0.1) is 6.92 Å². The summed E-state index contributed by atoms with van der Waals surface area (Å²) in [6.45, 7) is 4.74. The average molecular weight is 482 g/mol. The quantitative estimate of drug-likeness (QED) is 0.317. The molecule has 0 unspecified atom stereocenters. The Kier molecular flexibility index (Phi) is 6.27. The van der Waals surface area contributed by atoms with Crippen LogP contribution in [0.5, 0.6) is 5.75 Å². The largest absolute Gasteiger partial charge is 0.486 e. The number of ketones is 1. The highest BCUT2D eigenvalue weighted by Gasteiger charge is 2.23. The molecule has 3 aromatic carbocycles. The number of para-hydroxylation sites is 1. The van der Waals surface area contributed by atoms with Crippen LogP contribution in [0.3, 0.4) is 0 Å². The predicted molar refractivity (Wildman–Crippen MR) is 133 cm³/mol. The maximum Gasteiger partial charge on any atom is 0.255 e. The first-order chi connectivity index (χ1) is 17.5. The van der Waals surface area contributed by atoms with Crippen molar-refractivity contribution >= 4 is 28.3 Å². The smallest absolute Gasteiger partial charge is 0.255 e. The Labute approximate surface area is 206 Å². The third-order valence-electron chi connectivity index (χ3n) is 5.74. The summed E-state index contributed by atoms with van der Waals surface area (Å²) in [7, 11) is 0. The van der Waals surface area contributed by atoms with Gasteiger partial charge in [0.25, 0.3) is 5.91 Å². The van der Waals surface area contributed by atoms with Crippen molar-refractivity contribution in [2.75, 3.05) is 5.32 Å². The van der Waals surface area contributed by atoms with Gasteiger partial charge in [0.05, 0.1) is 5.69 Å². The number of hydrogen-bond acceptors (Lipinski definition) is 7. The Morgan fingerprint density at radius 2 is 1.69 bits per heavy atom. The van der Waals surface area contributed by atoms with Crippen molar-refractivity contribution in [1.82, 2.24) is 20.2 Å². The van der Waals surface area contributed by atoms with Gasteiger partial charge in [-0.1, -0.05) is 42.0 Å². The number of benzene rings is 3. The summed E-state index contributed by atoms with van der Waals surface area (Å²) >= 11 is 0. The summed E-state index contributed by atoms with van der Waals surface area (Å²) in [6.07, 6.45) is 0. The molecule has 0 aliphatic rings. The minimum atomic E-state index is -0.374. The summed E-state index contributed by atoms with van der Waals surface area (Å²) in [5.74, 6) is 0.584. The number of rotatable bonds is 8. The molecule has 2 aromatic heterocycles. The zero-order valence-corrected chi connectivity index (χ0v) is 19.8. The number of ether oxygens (including phenoxy) is 1. The molecule has 1 amide bonds. The maximum absolute atomic E-state index is 13.2. The zero-order chi connectivity index (χ0) is 25.1. The van der Waals surface area contributed by atoms with Crippen LogP contribution in [0.1, 0.15) is 44.8 Å². The molecule has 9 nitrogen and oxygen atoms in total. The fraction of sp³-hybridized carbons (Fsp3) is 0.148. The average Bonchev–Trinajstić information content (AvgIpc) is 3.52. The van der Waals surface area contributed by atoms with Crippen LogP contribution in [0.15, 0.2) is 77.2 Å². The van der Waals surface area contributed by atoms with Gasteiger partial charge in [-0.3, -0.25) is 9.59 Å². The number of aryl methyl sites for hydroxylation is 2. The number of aromatic nitrogens is 4. The van der Waals surface area contributed by atoms with Gasteiger partial charge in [-0.2, -0.15) is 0 Å². The van der Waals surface area contributed by atoms with Crippen LogP contribution in [-0.4, -0.2) is 31.9 Å². The van der Waals surface area contributed by atoms with Crippen LogP contribution in [0.25, 0.3) is 11.0 Å². The summed E-state index contributed by atoms with van der Waals surface area (Å²) < 4.78 is 13.3. The van der Waals surface area contributed by atoms with Crippen molar-refractivity contribution < 1.29 is 18.7 Å². The highest BCUT2D eigenvalue weighted by Crippen LogP contribution is 2.33. The molecular formula is C27H23N5O4. The lowest BCUT2D eigenvalue weighted by Crippen LogP contribution is -2.14. The van der Waals surface area contributed by atoms with Gasteiger partial charge >= 0.3 is 0 Å². The molecule has 180 valence electrons. The molecule has 1 N–H and O–H groups in total. The zero-order valence-electron chi connectivity index (χ0n) is 19.8. The van der Waals surface area contributed by atoms with Gasteiger partial charge in [-0.15, -0.1) is 5.10 Å². The highest BCUT2D eigenvalue weighted by molar-refractivity contribution is 6.18. The molecular weight excluding hydrogens is 458 g/mol. The Morgan fingerprint density at radius 1 is 0.972 bits per heavy atom. The van der Waals surface area contributed by atoms with E-state index in [-0.39, 0.29) is 24.1 Å². The van der Waals surface area contributed by atoms with Gasteiger partial charge in [-0.25, -0.2) is 4.68 Å². The molecule has 2 heterocycles. The number of tetrazole rings is 1. The summed E-state index contributed by atoms with van der Waals surface area (Å²) in [5, 5.41) is 15.0. The molecule has 36 heavy (non-hydrogen) atoms. The van der Waals surface area contributed by atoms with E-state index in [4.69, 9.17) is 9.15 Å². The van der Waals surface area contributed by atoms with E-state index in [2.05, 4.69) is 20.8 Å². The first-order valence-corrected chi connectivity index (χ1v) is 11.5. The number of fused-ring (bicyclic) bond motifs is 1. The van der Waals surface area contributed by atoms with Crippen molar-refractivity contribution in [3.05, 3.63) is 101 Å². The maximum atomic E-state index is 13.2. The Hall–Kier alpha value is -4.79. The highest BCUT2D eigenvalue weighted by atomic mass is 16.5. The Balaban J connectivity index is 1.36. The second kappa shape index (κ2) is 9.83. The van der Waals surface area contributed by atoms with E-state index in [0.717, 1.165) is 5.56 Å². The van der Waals surface area contributed by atoms with E-state index >= 15 is 0 Å². The molecule has 0 bridgehead atoms. The van der Waals surface area contributed by atoms with Gasteiger partial charge in [-0.05, 0) is 60.7 Å². The van der Waals surface area contributed by atoms with Crippen molar-refractivity contribution in [1.29, 1.82) is 0 Å². The van der Waals surface area contributed by atoms with Crippen LogP contribution < -0.4 is 10.1 Å². The van der Waals surface area contributed by atoms with E-state index < -0.39 is 0 Å². The summed E-state index contributed by atoms with van der Waals surface area (Å²) in [5.41, 5.74) is 2.78. The normalized spacial score (nSPS) is 10.9. The van der Waals surface area contributed by atoms with Crippen molar-refractivity contribution in [2.45, 2.75) is 27.0 Å². The van der Waals surface area contributed by atoms with Crippen LogP contribution >= 0.6 is 0 Å². The third-order valence-corrected chi connectivity index (χ3v) is 5.74. The van der Waals surface area contributed by atoms with E-state index in [1.165, 1.54) is 0 Å². The lowest BCUT2D eigenvalue weighted by Gasteiger charge is -2.08. The summed E-state index contributed by atoms with van der Waals surface area (Å²) in [4.78, 5) is 26.4. The number of nitrogens with zero attached hydrogens (tertiary/aromatic N) is 4. The third kappa shape index (κ3) is 4.58. The van der Waals surface area contributed by atoms with Gasteiger partial charge in [0.1, 0.15) is 17.9 Å². The van der Waals surface area contributed by atoms with Gasteiger partial charge in [0, 0.05) is 23.1 Å². The van der Waals surface area contributed by atoms with Crippen LogP contribution in [0.4, 0.5) is 5.69 Å². The molecule has 0 radical (unpaired) electrons. The number of anilines is 1. The van der Waals surface area contributed by atoms with Crippen molar-refractivity contribution in [2.24, 2.45) is 0 Å². The first-order valence-electron chi connectivity index (χ1n) is 11.5. The van der Waals surface area contributed by atoms with E-state index in [1.807, 2.05) is 38.1 Å². The molecule has 0 aliphatic carbocycles. The van der Waals surface area contributed by atoms with E-state index in [9.17, 15) is 9.59 Å². The number of amides is 1. The Bertz CT molecular complexity index is 1540. The molecule has 0 aliphatic heterocycles. The second-order valence-corrected chi connectivity index (χ2v) is 8.18. The van der Waals surface area contributed by atoms with Crippen molar-refractivity contribution in [3.63, 3.8) is 0 Å².